The van der Waals surface area contributed by atoms with Crippen molar-refractivity contribution in [3.05, 3.63) is 71.1 Å². The third-order valence-corrected chi connectivity index (χ3v) is 4.57. The summed E-state index contributed by atoms with van der Waals surface area (Å²) in [6, 6.07) is 8.30. The molecule has 0 saturated carbocycles. The van der Waals surface area contributed by atoms with Crippen LogP contribution in [0.4, 0.5) is 4.39 Å². The van der Waals surface area contributed by atoms with Crippen molar-refractivity contribution >= 4 is 5.91 Å². The maximum Gasteiger partial charge on any atom is 0.271 e. The summed E-state index contributed by atoms with van der Waals surface area (Å²) >= 11 is 0. The Morgan fingerprint density at radius 1 is 1.20 bits per heavy atom. The molecule has 0 bridgehead atoms. The van der Waals surface area contributed by atoms with Crippen molar-refractivity contribution in [1.82, 2.24) is 20.3 Å². The highest BCUT2D eigenvalue weighted by atomic mass is 19.1. The lowest BCUT2D eigenvalue weighted by molar-refractivity contribution is 0.0950. The summed E-state index contributed by atoms with van der Waals surface area (Å²) in [4.78, 5) is 24.3. The van der Waals surface area contributed by atoms with Crippen LogP contribution in [0.3, 0.4) is 0 Å². The smallest absolute Gasteiger partial charge is 0.271 e. The number of pyridine rings is 1. The summed E-state index contributed by atoms with van der Waals surface area (Å²) in [6.45, 7) is 2.45. The number of nitrogens with one attached hydrogen (secondary N) is 2. The average Bonchev–Trinajstić information content (AvgIpc) is 2.97. The lowest BCUT2D eigenvalue weighted by Gasteiger charge is -2.14. The van der Waals surface area contributed by atoms with E-state index in [0.29, 0.717) is 24.5 Å². The van der Waals surface area contributed by atoms with E-state index in [1.54, 1.807) is 24.5 Å². The molecule has 1 atom stereocenters. The Morgan fingerprint density at radius 3 is 2.76 bits per heavy atom. The molecule has 3 aromatic rings. The van der Waals surface area contributed by atoms with Crippen LogP contribution in [0.25, 0.3) is 11.4 Å². The Bertz CT molecular complexity index is 933. The van der Waals surface area contributed by atoms with Crippen LogP contribution in [0, 0.1) is 12.7 Å². The molecule has 0 fully saturated rings. The largest absolute Gasteiger partial charge is 0.350 e. The second-order valence-electron chi connectivity index (χ2n) is 6.27. The van der Waals surface area contributed by atoms with Gasteiger partial charge in [-0.15, -0.1) is 0 Å². The van der Waals surface area contributed by atoms with Gasteiger partial charge in [-0.2, -0.15) is 0 Å². The first-order valence-electron chi connectivity index (χ1n) is 8.15. The molecule has 6 heteroatoms. The summed E-state index contributed by atoms with van der Waals surface area (Å²) in [7, 11) is 0. The average molecular weight is 336 g/mol. The number of hydrogen-bond acceptors (Lipinski definition) is 3. The van der Waals surface area contributed by atoms with Gasteiger partial charge in [-0.1, -0.05) is 12.1 Å². The molecule has 1 aliphatic rings. The first-order valence-corrected chi connectivity index (χ1v) is 8.15. The van der Waals surface area contributed by atoms with Crippen molar-refractivity contribution in [3.8, 4) is 11.4 Å². The van der Waals surface area contributed by atoms with Crippen molar-refractivity contribution in [1.29, 1.82) is 0 Å². The fourth-order valence-corrected chi connectivity index (χ4v) is 3.20. The molecule has 4 rings (SSSR count). The molecule has 3 heterocycles. The van der Waals surface area contributed by atoms with Crippen molar-refractivity contribution in [2.24, 2.45) is 0 Å². The minimum absolute atomic E-state index is 0.0673. The fraction of sp³-hybridized carbons (Fsp3) is 0.211. The van der Waals surface area contributed by atoms with E-state index in [4.69, 9.17) is 0 Å². The van der Waals surface area contributed by atoms with E-state index in [1.165, 1.54) is 12.1 Å². The molecular formula is C19H17FN4O. The molecule has 2 aromatic heterocycles. The zero-order chi connectivity index (χ0) is 17.4. The number of benzene rings is 1. The van der Waals surface area contributed by atoms with Crippen molar-refractivity contribution in [3.63, 3.8) is 0 Å². The lowest BCUT2D eigenvalue weighted by atomic mass is 9.94. The molecule has 1 aromatic carbocycles. The Balaban J connectivity index is 1.71. The topological polar surface area (TPSA) is 70.7 Å². The molecule has 1 aliphatic heterocycles. The Kier molecular flexibility index (Phi) is 3.80. The molecule has 0 spiro atoms. The number of halogens is 1. The Labute approximate surface area is 144 Å². The van der Waals surface area contributed by atoms with Gasteiger partial charge in [-0.25, -0.2) is 9.37 Å². The van der Waals surface area contributed by atoms with Gasteiger partial charge in [0.1, 0.15) is 17.3 Å². The molecule has 0 saturated heterocycles. The van der Waals surface area contributed by atoms with Crippen LogP contribution in [0.1, 0.15) is 33.2 Å². The second kappa shape index (κ2) is 6.12. The zero-order valence-corrected chi connectivity index (χ0v) is 13.7. The predicted octanol–water partition coefficient (Wildman–Crippen LogP) is 2.99. The lowest BCUT2D eigenvalue weighted by Crippen LogP contribution is -2.26. The number of imidazole rings is 1. The molecular weight excluding hydrogens is 319 g/mol. The first-order chi connectivity index (χ1) is 12.1. The van der Waals surface area contributed by atoms with Gasteiger partial charge in [0.15, 0.2) is 0 Å². The summed E-state index contributed by atoms with van der Waals surface area (Å²) in [6.07, 6.45) is 4.11. The van der Waals surface area contributed by atoms with Gasteiger partial charge in [0.05, 0.1) is 0 Å². The molecule has 2 N–H and O–H groups in total. The molecule has 25 heavy (non-hydrogen) atoms. The number of hydrogen-bond donors (Lipinski definition) is 2. The predicted molar refractivity (Wildman–Crippen MR) is 91.7 cm³/mol. The Hall–Kier alpha value is -3.02. The van der Waals surface area contributed by atoms with Gasteiger partial charge < -0.3 is 10.3 Å². The summed E-state index contributed by atoms with van der Waals surface area (Å²) < 4.78 is 13.2. The van der Waals surface area contributed by atoms with E-state index in [2.05, 4.69) is 20.3 Å². The van der Waals surface area contributed by atoms with Gasteiger partial charge in [-0.3, -0.25) is 9.78 Å². The number of carbonyl (C=O) groups excluding carboxylic acids is 1. The third kappa shape index (κ3) is 2.91. The number of amides is 1. The summed E-state index contributed by atoms with van der Waals surface area (Å²) in [5, 5.41) is 2.92. The van der Waals surface area contributed by atoms with Crippen LogP contribution >= 0.6 is 0 Å². The van der Waals surface area contributed by atoms with Gasteiger partial charge in [0.25, 0.3) is 5.91 Å². The summed E-state index contributed by atoms with van der Waals surface area (Å²) in [5.41, 5.74) is 4.13. The number of aromatic amines is 1. The van der Waals surface area contributed by atoms with Crippen LogP contribution in [0.5, 0.6) is 0 Å². The van der Waals surface area contributed by atoms with E-state index in [0.717, 1.165) is 22.4 Å². The normalized spacial score (nSPS) is 16.9. The monoisotopic (exact) mass is 336 g/mol. The number of H-pyrrole nitrogens is 1. The second-order valence-corrected chi connectivity index (χ2v) is 6.27. The summed E-state index contributed by atoms with van der Waals surface area (Å²) in [5.74, 6) is 0.283. The van der Waals surface area contributed by atoms with Gasteiger partial charge in [0, 0.05) is 36.1 Å². The molecule has 5 nitrogen and oxygen atoms in total. The van der Waals surface area contributed by atoms with Crippen LogP contribution < -0.4 is 5.32 Å². The van der Waals surface area contributed by atoms with Crippen molar-refractivity contribution in [2.75, 3.05) is 6.54 Å². The highest BCUT2D eigenvalue weighted by molar-refractivity contribution is 5.94. The number of aryl methyl sites for hydroxylation is 1. The number of nitrogens with zero attached hydrogens (tertiary/aromatic N) is 2. The maximum absolute atomic E-state index is 13.2. The SMILES string of the molecule is Cc1cnccc1-c1nc2c([nH]1)CC(c1ccc(F)cc1)CNC2=O. The van der Waals surface area contributed by atoms with E-state index in [1.807, 2.05) is 13.0 Å². The van der Waals surface area contributed by atoms with Gasteiger partial charge >= 0.3 is 0 Å². The number of carbonyl (C=O) groups is 1. The first kappa shape index (κ1) is 15.5. The molecule has 126 valence electrons. The highest BCUT2D eigenvalue weighted by Crippen LogP contribution is 2.27. The molecule has 1 unspecified atom stereocenters. The van der Waals surface area contributed by atoms with Gasteiger partial charge in [0.2, 0.25) is 0 Å². The van der Waals surface area contributed by atoms with Crippen LogP contribution in [0.2, 0.25) is 0 Å². The van der Waals surface area contributed by atoms with Gasteiger partial charge in [-0.05, 0) is 42.7 Å². The van der Waals surface area contributed by atoms with Crippen molar-refractivity contribution in [2.45, 2.75) is 19.3 Å². The molecule has 0 radical (unpaired) electrons. The minimum Gasteiger partial charge on any atom is -0.350 e. The fourth-order valence-electron chi connectivity index (χ4n) is 3.20. The van der Waals surface area contributed by atoms with E-state index in [9.17, 15) is 9.18 Å². The molecule has 1 amide bonds. The number of rotatable bonds is 2. The zero-order valence-electron chi connectivity index (χ0n) is 13.7. The number of aromatic nitrogens is 3. The quantitative estimate of drug-likeness (QED) is 0.756. The van der Waals surface area contributed by atoms with Crippen LogP contribution in [-0.2, 0) is 6.42 Å². The van der Waals surface area contributed by atoms with Crippen LogP contribution in [0.15, 0.2) is 42.7 Å². The van der Waals surface area contributed by atoms with E-state index < -0.39 is 0 Å². The minimum atomic E-state index is -0.265. The number of fused-ring (bicyclic) bond motifs is 1. The Morgan fingerprint density at radius 2 is 2.00 bits per heavy atom. The standard InChI is InChI=1S/C19H17FN4O/c1-11-9-21-7-6-15(11)18-23-16-8-13(10-22-19(25)17(16)24-18)12-2-4-14(20)5-3-12/h2-7,9,13H,8,10H2,1H3,(H,22,25)(H,23,24). The molecule has 0 aliphatic carbocycles. The maximum atomic E-state index is 13.2. The highest BCUT2D eigenvalue weighted by Gasteiger charge is 2.26. The van der Waals surface area contributed by atoms with E-state index in [-0.39, 0.29) is 17.6 Å². The van der Waals surface area contributed by atoms with Crippen molar-refractivity contribution < 1.29 is 9.18 Å². The van der Waals surface area contributed by atoms with Crippen LogP contribution in [-0.4, -0.2) is 27.4 Å². The third-order valence-electron chi connectivity index (χ3n) is 4.57. The van der Waals surface area contributed by atoms with E-state index >= 15 is 0 Å².